The monoisotopic (exact) mass is 647 g/mol. The quantitative estimate of drug-likeness (QED) is 0.176. The highest BCUT2D eigenvalue weighted by Gasteiger charge is 2.25. The molecule has 1 heterocycles. The fourth-order valence-corrected chi connectivity index (χ4v) is 6.09. The summed E-state index contributed by atoms with van der Waals surface area (Å²) in [7, 11) is 1.57. The second-order valence-electron chi connectivity index (χ2n) is 11.0. The predicted octanol–water partition coefficient (Wildman–Crippen LogP) is 8.73. The van der Waals surface area contributed by atoms with Gasteiger partial charge >= 0.3 is 5.97 Å². The van der Waals surface area contributed by atoms with Crippen molar-refractivity contribution in [1.29, 1.82) is 0 Å². The summed E-state index contributed by atoms with van der Waals surface area (Å²) in [5.74, 6) is -0.951. The van der Waals surface area contributed by atoms with Crippen LogP contribution in [0.25, 0.3) is 33.5 Å². The minimum absolute atomic E-state index is 0. The van der Waals surface area contributed by atoms with Gasteiger partial charge in [-0.3, -0.25) is 4.79 Å². The van der Waals surface area contributed by atoms with Crippen molar-refractivity contribution in [1.82, 2.24) is 14.9 Å². The summed E-state index contributed by atoms with van der Waals surface area (Å²) < 4.78 is 24.0. The summed E-state index contributed by atoms with van der Waals surface area (Å²) in [6.45, 7) is 0.0974. The number of carboxylic acids is 1. The molecule has 6 rings (SSSR count). The molecule has 45 heavy (non-hydrogen) atoms. The molecule has 7 nitrogen and oxygen atoms in total. The standard InChI is InChI=1S/C35H31ClFN3O4.ClH/c1-38-34(41)22-9-14-28(21-7-11-25(36)12-8-21)24(17-22)20-44-27-13-15-29(30(37)19-27)33-39-31-18-23(35(42)43)10-16-32(31)40(33)26-5-3-2-4-6-26;/h7-19,26H,2-6,20H2,1H3,(H,38,41)(H,42,43);1H. The van der Waals surface area contributed by atoms with E-state index >= 15 is 4.39 Å². The average Bonchev–Trinajstić information content (AvgIpc) is 3.42. The first-order valence-corrected chi connectivity index (χ1v) is 15.0. The van der Waals surface area contributed by atoms with Crippen molar-refractivity contribution in [2.75, 3.05) is 7.05 Å². The molecule has 1 aromatic heterocycles. The van der Waals surface area contributed by atoms with Crippen LogP contribution >= 0.6 is 24.0 Å². The summed E-state index contributed by atoms with van der Waals surface area (Å²) in [5.41, 5.74) is 4.79. The summed E-state index contributed by atoms with van der Waals surface area (Å²) in [6.07, 6.45) is 5.21. The number of halogens is 3. The van der Waals surface area contributed by atoms with Crippen LogP contribution in [0.3, 0.4) is 0 Å². The molecular formula is C35H32Cl2FN3O4. The van der Waals surface area contributed by atoms with Crippen LogP contribution in [-0.4, -0.2) is 33.6 Å². The lowest BCUT2D eigenvalue weighted by molar-refractivity contribution is 0.0696. The Morgan fingerprint density at radius 2 is 1.67 bits per heavy atom. The lowest BCUT2D eigenvalue weighted by Crippen LogP contribution is -2.18. The number of nitrogens with zero attached hydrogens (tertiary/aromatic N) is 2. The zero-order valence-corrected chi connectivity index (χ0v) is 26.1. The van der Waals surface area contributed by atoms with Gasteiger partial charge in [-0.15, -0.1) is 12.4 Å². The van der Waals surface area contributed by atoms with Crippen molar-refractivity contribution in [3.63, 3.8) is 0 Å². The highest BCUT2D eigenvalue weighted by atomic mass is 35.5. The minimum atomic E-state index is -1.03. The number of aromatic nitrogens is 2. The molecule has 0 bridgehead atoms. The van der Waals surface area contributed by atoms with Crippen molar-refractivity contribution in [2.45, 2.75) is 44.8 Å². The first-order valence-electron chi connectivity index (χ1n) is 14.6. The van der Waals surface area contributed by atoms with E-state index in [2.05, 4.69) is 9.88 Å². The number of imidazole rings is 1. The molecule has 0 unspecified atom stereocenters. The number of aromatic carboxylic acids is 1. The molecule has 0 atom stereocenters. The summed E-state index contributed by atoms with van der Waals surface area (Å²) in [6, 6.07) is 22.5. The Balaban J connectivity index is 0.00000400. The van der Waals surface area contributed by atoms with Gasteiger partial charge in [0.25, 0.3) is 5.91 Å². The molecule has 232 valence electrons. The summed E-state index contributed by atoms with van der Waals surface area (Å²) in [5, 5.41) is 12.8. The number of rotatable bonds is 8. The second-order valence-corrected chi connectivity index (χ2v) is 11.4. The molecule has 4 aromatic carbocycles. The molecule has 0 radical (unpaired) electrons. The Morgan fingerprint density at radius 1 is 0.956 bits per heavy atom. The normalized spacial score (nSPS) is 13.3. The number of carbonyl (C=O) groups is 2. The smallest absolute Gasteiger partial charge is 0.335 e. The van der Waals surface area contributed by atoms with Crippen molar-refractivity contribution in [2.24, 2.45) is 0 Å². The number of carbonyl (C=O) groups excluding carboxylic acids is 1. The van der Waals surface area contributed by atoms with E-state index in [9.17, 15) is 14.7 Å². The van der Waals surface area contributed by atoms with Crippen LogP contribution in [0.1, 0.15) is 64.4 Å². The molecule has 1 saturated carbocycles. The minimum Gasteiger partial charge on any atom is -0.489 e. The number of hydrogen-bond acceptors (Lipinski definition) is 4. The molecule has 1 amide bonds. The Labute approximate surface area is 271 Å². The van der Waals surface area contributed by atoms with Crippen molar-refractivity contribution >= 4 is 46.9 Å². The zero-order valence-electron chi connectivity index (χ0n) is 24.6. The lowest BCUT2D eigenvalue weighted by atomic mass is 9.94. The van der Waals surface area contributed by atoms with Crippen molar-refractivity contribution < 1.29 is 23.8 Å². The van der Waals surface area contributed by atoms with Gasteiger partial charge in [-0.2, -0.15) is 0 Å². The van der Waals surface area contributed by atoms with E-state index < -0.39 is 11.8 Å². The highest BCUT2D eigenvalue weighted by molar-refractivity contribution is 6.30. The maximum Gasteiger partial charge on any atom is 0.335 e. The fourth-order valence-electron chi connectivity index (χ4n) is 5.97. The van der Waals surface area contributed by atoms with Gasteiger partial charge in [-0.1, -0.05) is 49.1 Å². The van der Waals surface area contributed by atoms with Crippen LogP contribution < -0.4 is 10.1 Å². The van der Waals surface area contributed by atoms with E-state index in [0.717, 1.165) is 54.3 Å². The summed E-state index contributed by atoms with van der Waals surface area (Å²) >= 11 is 6.09. The average molecular weight is 649 g/mol. The van der Waals surface area contributed by atoms with Crippen LogP contribution in [0.2, 0.25) is 5.02 Å². The number of hydrogen-bond donors (Lipinski definition) is 2. The molecule has 10 heteroatoms. The van der Waals surface area contributed by atoms with Gasteiger partial charge in [0.1, 0.15) is 24.0 Å². The Kier molecular flexibility index (Phi) is 9.75. The third-order valence-corrected chi connectivity index (χ3v) is 8.45. The van der Waals surface area contributed by atoms with Gasteiger partial charge in [-0.25, -0.2) is 14.2 Å². The second kappa shape index (κ2) is 13.7. The van der Waals surface area contributed by atoms with E-state index in [1.54, 1.807) is 61.6 Å². The predicted molar refractivity (Wildman–Crippen MR) is 176 cm³/mol. The number of benzene rings is 4. The Morgan fingerprint density at radius 3 is 2.36 bits per heavy atom. The molecule has 5 aromatic rings. The van der Waals surface area contributed by atoms with Crippen LogP contribution in [0.4, 0.5) is 4.39 Å². The molecule has 1 fully saturated rings. The molecule has 0 saturated heterocycles. The lowest BCUT2D eigenvalue weighted by Gasteiger charge is -2.25. The van der Waals surface area contributed by atoms with Crippen molar-refractivity contribution in [3.8, 4) is 28.3 Å². The third-order valence-electron chi connectivity index (χ3n) is 8.20. The zero-order chi connectivity index (χ0) is 30.8. The number of nitrogens with one attached hydrogen (secondary N) is 1. The molecule has 2 N–H and O–H groups in total. The Hall–Kier alpha value is -4.40. The van der Waals surface area contributed by atoms with Crippen LogP contribution in [0.5, 0.6) is 5.75 Å². The largest absolute Gasteiger partial charge is 0.489 e. The first-order chi connectivity index (χ1) is 21.3. The van der Waals surface area contributed by atoms with E-state index in [1.807, 2.05) is 18.2 Å². The van der Waals surface area contributed by atoms with Crippen LogP contribution in [-0.2, 0) is 6.61 Å². The fraction of sp³-hybridized carbons (Fsp3) is 0.229. The Bertz CT molecular complexity index is 1870. The van der Waals surface area contributed by atoms with Gasteiger partial charge < -0.3 is 19.7 Å². The topological polar surface area (TPSA) is 93.4 Å². The first kappa shape index (κ1) is 32.0. The number of amides is 1. The van der Waals surface area contributed by atoms with Gasteiger partial charge in [-0.05, 0) is 84.1 Å². The maximum absolute atomic E-state index is 15.8. The van der Waals surface area contributed by atoms with Crippen molar-refractivity contribution in [3.05, 3.63) is 106 Å². The summed E-state index contributed by atoms with van der Waals surface area (Å²) in [4.78, 5) is 28.7. The van der Waals surface area contributed by atoms with E-state index in [4.69, 9.17) is 21.3 Å². The van der Waals surface area contributed by atoms with Gasteiger partial charge in [0, 0.05) is 29.7 Å². The van der Waals surface area contributed by atoms with Gasteiger partial charge in [0.2, 0.25) is 0 Å². The number of carboxylic acid groups (broad SMARTS) is 1. The molecule has 1 aliphatic carbocycles. The third kappa shape index (κ3) is 6.67. The molecule has 1 aliphatic rings. The van der Waals surface area contributed by atoms with E-state index in [-0.39, 0.29) is 36.5 Å². The van der Waals surface area contributed by atoms with E-state index in [0.29, 0.717) is 33.2 Å². The van der Waals surface area contributed by atoms with Crippen LogP contribution in [0.15, 0.2) is 78.9 Å². The van der Waals surface area contributed by atoms with Gasteiger partial charge in [0.15, 0.2) is 0 Å². The number of fused-ring (bicyclic) bond motifs is 1. The maximum atomic E-state index is 15.8. The molecule has 0 spiro atoms. The molecular weight excluding hydrogens is 616 g/mol. The highest BCUT2D eigenvalue weighted by Crippen LogP contribution is 2.38. The van der Waals surface area contributed by atoms with E-state index in [1.165, 1.54) is 6.07 Å². The van der Waals surface area contributed by atoms with Crippen LogP contribution in [0, 0.1) is 5.82 Å². The molecule has 0 aliphatic heterocycles. The SMILES string of the molecule is CNC(=O)c1ccc(-c2ccc(Cl)cc2)c(COc2ccc(-c3nc4cc(C(=O)O)ccc4n3C3CCCCC3)c(F)c2)c1.Cl. The van der Waals surface area contributed by atoms with Gasteiger partial charge in [0.05, 0.1) is 22.2 Å². The number of ether oxygens (including phenoxy) is 1.